The molecule has 244 valence electrons. The Kier molecular flexibility index (Phi) is 8.73. The lowest BCUT2D eigenvalue weighted by molar-refractivity contribution is -0.0500. The Labute approximate surface area is 260 Å². The van der Waals surface area contributed by atoms with Crippen LogP contribution in [0, 0.1) is 0 Å². The van der Waals surface area contributed by atoms with Gasteiger partial charge in [0.25, 0.3) is 5.56 Å². The summed E-state index contributed by atoms with van der Waals surface area (Å²) in [4.78, 5) is 53.6. The first kappa shape index (κ1) is 32.3. The van der Waals surface area contributed by atoms with Crippen molar-refractivity contribution >= 4 is 71.7 Å². The van der Waals surface area contributed by atoms with Crippen LogP contribution in [0.25, 0.3) is 22.3 Å². The molecule has 4 aromatic rings. The molecule has 0 amide bonds. The number of aromatic amines is 1. The number of aromatic nitrogens is 8. The number of aliphatic hydroxyl groups excluding tert-OH is 1. The van der Waals surface area contributed by atoms with E-state index in [-0.39, 0.29) is 29.4 Å². The Morgan fingerprint density at radius 1 is 1.09 bits per heavy atom. The van der Waals surface area contributed by atoms with Crippen LogP contribution in [0.1, 0.15) is 18.9 Å². The topological polar surface area (TPSA) is 283 Å². The van der Waals surface area contributed by atoms with E-state index in [2.05, 4.69) is 54.0 Å². The standard InChI is InChI=1S/C20H25FN10O10P2S2/c21-10-13(9(3-37-42(34,35)44)40-19(10)31-6-27-12-16(31)28-20(23)29-17(12)33)41-43(36,45)38-2-7-1-8(32)18(39-7)30-5-26-11-14(22)24-4-25-15(11)30/h4-10,13,18-19,32H,1-3H2,(H,36,45)(H2,22,24,25)(H2,34,35,44)(H3,23,28,29,33)/t7-,8+,9+,10+,13+,18+,19+,43?/m0/s1. The van der Waals surface area contributed by atoms with Gasteiger partial charge in [0, 0.05) is 6.42 Å². The first-order valence-corrected chi connectivity index (χ1v) is 18.2. The summed E-state index contributed by atoms with van der Waals surface area (Å²) in [6, 6.07) is 0. The fourth-order valence-electron chi connectivity index (χ4n) is 4.98. The number of fused-ring (bicyclic) bond motifs is 2. The average Bonchev–Trinajstić information content (AvgIpc) is 3.72. The summed E-state index contributed by atoms with van der Waals surface area (Å²) in [5.74, 6) is -0.134. The highest BCUT2D eigenvalue weighted by Gasteiger charge is 2.51. The van der Waals surface area contributed by atoms with Gasteiger partial charge in [-0.05, 0) is 11.8 Å². The van der Waals surface area contributed by atoms with Crippen molar-refractivity contribution in [3.63, 3.8) is 0 Å². The largest absolute Gasteiger partial charge is 0.388 e. The highest BCUT2D eigenvalue weighted by molar-refractivity contribution is 8.44. The van der Waals surface area contributed by atoms with E-state index in [1.807, 2.05) is 0 Å². The molecule has 8 atom stereocenters. The molecule has 2 fully saturated rings. The smallest absolute Gasteiger partial charge is 0.386 e. The third-order valence-electron chi connectivity index (χ3n) is 6.90. The molecule has 0 aliphatic carbocycles. The zero-order chi connectivity index (χ0) is 32.3. The number of halogens is 1. The molecular weight excluding hydrogens is 685 g/mol. The molecule has 0 aromatic carbocycles. The Balaban J connectivity index is 1.16. The Bertz CT molecular complexity index is 1890. The maximum Gasteiger partial charge on any atom is 0.386 e. The van der Waals surface area contributed by atoms with Gasteiger partial charge in [0.15, 0.2) is 41.3 Å². The summed E-state index contributed by atoms with van der Waals surface area (Å²) in [6.07, 6.45) is -5.99. The lowest BCUT2D eigenvalue weighted by atomic mass is 10.1. The normalized spacial score (nSPS) is 28.7. The lowest BCUT2D eigenvalue weighted by Crippen LogP contribution is -2.33. The molecule has 45 heavy (non-hydrogen) atoms. The predicted octanol–water partition coefficient (Wildman–Crippen LogP) is -0.327. The van der Waals surface area contributed by atoms with Crippen molar-refractivity contribution in [1.29, 1.82) is 0 Å². The van der Waals surface area contributed by atoms with Crippen LogP contribution < -0.4 is 17.0 Å². The molecule has 0 radical (unpaired) electrons. The van der Waals surface area contributed by atoms with Crippen molar-refractivity contribution in [3.05, 3.63) is 29.3 Å². The summed E-state index contributed by atoms with van der Waals surface area (Å²) >= 11 is 8.44. The molecule has 25 heteroatoms. The van der Waals surface area contributed by atoms with Gasteiger partial charge in [0.05, 0.1) is 32.0 Å². The van der Waals surface area contributed by atoms with Gasteiger partial charge in [-0.25, -0.2) is 28.9 Å². The highest BCUT2D eigenvalue weighted by Crippen LogP contribution is 2.57. The maximum absolute atomic E-state index is 16.0. The Morgan fingerprint density at radius 3 is 2.53 bits per heavy atom. The molecule has 6 heterocycles. The van der Waals surface area contributed by atoms with Crippen molar-refractivity contribution in [1.82, 2.24) is 39.0 Å². The number of nitrogen functional groups attached to an aromatic ring is 2. The van der Waals surface area contributed by atoms with E-state index in [1.54, 1.807) is 0 Å². The third-order valence-corrected chi connectivity index (χ3v) is 9.32. The number of hydrogen-bond acceptors (Lipinski definition) is 16. The fourth-order valence-corrected chi connectivity index (χ4v) is 7.01. The van der Waals surface area contributed by atoms with Gasteiger partial charge in [-0.15, -0.1) is 0 Å². The van der Waals surface area contributed by atoms with Gasteiger partial charge in [0.2, 0.25) is 5.95 Å². The van der Waals surface area contributed by atoms with Crippen molar-refractivity contribution in [2.24, 2.45) is 0 Å². The summed E-state index contributed by atoms with van der Waals surface area (Å²) in [7, 11) is 0. The minimum atomic E-state index is -4.40. The first-order valence-electron chi connectivity index (χ1n) is 12.8. The molecule has 1 unspecified atom stereocenters. The zero-order valence-electron chi connectivity index (χ0n) is 22.5. The molecule has 0 spiro atoms. The molecule has 2 aliphatic rings. The predicted molar refractivity (Wildman–Crippen MR) is 158 cm³/mol. The van der Waals surface area contributed by atoms with E-state index in [4.69, 9.17) is 34.5 Å². The third kappa shape index (κ3) is 6.62. The van der Waals surface area contributed by atoms with Crippen LogP contribution in [0.5, 0.6) is 0 Å². The number of imidazole rings is 2. The van der Waals surface area contributed by atoms with Crippen molar-refractivity contribution in [2.45, 2.75) is 49.5 Å². The first-order chi connectivity index (χ1) is 21.2. The number of alkyl halides is 1. The van der Waals surface area contributed by atoms with E-state index in [9.17, 15) is 24.3 Å². The Hall–Kier alpha value is -2.66. The van der Waals surface area contributed by atoms with Crippen molar-refractivity contribution in [2.75, 3.05) is 24.7 Å². The molecule has 8 N–H and O–H groups in total. The second-order valence-electron chi connectivity index (χ2n) is 9.94. The van der Waals surface area contributed by atoms with Crippen LogP contribution in [0.2, 0.25) is 0 Å². The van der Waals surface area contributed by atoms with E-state index in [1.165, 1.54) is 17.2 Å². The molecule has 2 saturated heterocycles. The van der Waals surface area contributed by atoms with Gasteiger partial charge in [-0.2, -0.15) is 4.98 Å². The van der Waals surface area contributed by atoms with Crippen LogP contribution >= 0.6 is 25.8 Å². The number of nitrogens with zero attached hydrogens (tertiary/aromatic N) is 7. The van der Waals surface area contributed by atoms with Gasteiger partial charge in [-0.3, -0.25) is 28.0 Å². The van der Waals surface area contributed by atoms with E-state index in [0.29, 0.717) is 11.2 Å². The molecule has 4 aromatic heterocycles. The second kappa shape index (κ2) is 12.2. The number of thiol groups is 1. The number of anilines is 2. The molecule has 6 rings (SSSR count). The van der Waals surface area contributed by atoms with Gasteiger partial charge >= 0.3 is 13.5 Å². The summed E-state index contributed by atoms with van der Waals surface area (Å²) in [5, 5.41) is 10.7. The number of hydrogen-bond donors (Lipinski definition) is 7. The zero-order valence-corrected chi connectivity index (χ0v) is 26.0. The number of aliphatic hydroxyl groups is 1. The van der Waals surface area contributed by atoms with Crippen molar-refractivity contribution in [3.8, 4) is 0 Å². The molecular formula is C20H25FN10O10P2S2. The van der Waals surface area contributed by atoms with Gasteiger partial charge < -0.3 is 40.4 Å². The minimum Gasteiger partial charge on any atom is -0.388 e. The lowest BCUT2D eigenvalue weighted by Gasteiger charge is -2.24. The molecule has 0 saturated carbocycles. The molecule has 20 nitrogen and oxygen atoms in total. The fraction of sp³-hybridized carbons (Fsp3) is 0.500. The summed E-state index contributed by atoms with van der Waals surface area (Å²) in [6.45, 7) is -9.73. The van der Waals surface area contributed by atoms with Crippen molar-refractivity contribution < 1.29 is 46.9 Å². The number of H-pyrrole nitrogens is 1. The van der Waals surface area contributed by atoms with Crippen LogP contribution in [0.15, 0.2) is 23.8 Å². The van der Waals surface area contributed by atoms with Crippen LogP contribution in [-0.2, 0) is 39.4 Å². The monoisotopic (exact) mass is 710 g/mol. The number of rotatable bonds is 10. The van der Waals surface area contributed by atoms with Crippen LogP contribution in [0.4, 0.5) is 16.2 Å². The highest BCUT2D eigenvalue weighted by atomic mass is 32.7. The minimum absolute atomic E-state index is 0.0378. The quantitative estimate of drug-likeness (QED) is 0.0819. The number of ether oxygens (including phenoxy) is 2. The number of nitrogens with two attached hydrogens (primary N) is 2. The van der Waals surface area contributed by atoms with E-state index in [0.717, 1.165) is 10.9 Å². The van der Waals surface area contributed by atoms with Gasteiger partial charge in [0.1, 0.15) is 30.2 Å². The van der Waals surface area contributed by atoms with Crippen LogP contribution in [0.3, 0.4) is 0 Å². The maximum atomic E-state index is 16.0. The second-order valence-corrected chi connectivity index (χ2v) is 15.5. The molecule has 2 aliphatic heterocycles. The Morgan fingerprint density at radius 2 is 1.80 bits per heavy atom. The SMILES string of the molecule is Nc1nc2c(ncn2[C@@H]2O[C@H](COP(O)(O)=S)[C@@H](OP(=O)(S)OC[C@@H]3C[C@@H](O)[C@H](n4cnc5c(N)ncnc54)O3)[C@H]2F)c(=O)[nH]1. The van der Waals surface area contributed by atoms with E-state index >= 15 is 4.39 Å². The average molecular weight is 711 g/mol. The van der Waals surface area contributed by atoms with E-state index < -0.39 is 75.3 Å². The summed E-state index contributed by atoms with van der Waals surface area (Å²) < 4.78 is 59.1. The molecule has 0 bridgehead atoms. The number of nitrogens with one attached hydrogen (secondary N) is 1. The summed E-state index contributed by atoms with van der Waals surface area (Å²) in [5.41, 5.74) is 11.1. The van der Waals surface area contributed by atoms with Crippen LogP contribution in [-0.4, -0.2) is 97.7 Å². The van der Waals surface area contributed by atoms with Gasteiger partial charge in [-0.1, -0.05) is 12.2 Å².